The first kappa shape index (κ1) is 15.9. The van der Waals surface area contributed by atoms with Crippen molar-refractivity contribution in [2.24, 2.45) is 5.73 Å². The number of nitrogens with zero attached hydrogens (tertiary/aromatic N) is 1. The van der Waals surface area contributed by atoms with Crippen LogP contribution in [-0.2, 0) is 6.54 Å². The zero-order valence-electron chi connectivity index (χ0n) is 13.2. The number of ether oxygens (including phenoxy) is 1. The van der Waals surface area contributed by atoms with Gasteiger partial charge in [0.1, 0.15) is 5.75 Å². The maximum Gasteiger partial charge on any atom is 0.119 e. The lowest BCUT2D eigenvalue weighted by Crippen LogP contribution is -2.32. The molecule has 3 heteroatoms. The Morgan fingerprint density at radius 1 is 1.33 bits per heavy atom. The normalized spacial score (nSPS) is 15.0. The summed E-state index contributed by atoms with van der Waals surface area (Å²) < 4.78 is 5.36. The number of nitrogens with two attached hydrogens (primary N) is 1. The summed E-state index contributed by atoms with van der Waals surface area (Å²) in [6.45, 7) is 4.65. The summed E-state index contributed by atoms with van der Waals surface area (Å²) in [6, 6.07) is 6.84. The highest BCUT2D eigenvalue weighted by Crippen LogP contribution is 2.26. The Morgan fingerprint density at radius 3 is 2.71 bits per heavy atom. The van der Waals surface area contributed by atoms with Crippen LogP contribution in [0.1, 0.15) is 43.7 Å². The second-order valence-corrected chi connectivity index (χ2v) is 5.53. The molecule has 0 atom stereocenters. The van der Waals surface area contributed by atoms with Crippen molar-refractivity contribution in [3.63, 3.8) is 0 Å². The fourth-order valence-electron chi connectivity index (χ4n) is 3.08. The summed E-state index contributed by atoms with van der Waals surface area (Å²) in [5.41, 5.74) is 7.81. The van der Waals surface area contributed by atoms with Crippen molar-refractivity contribution in [1.82, 2.24) is 4.90 Å². The molecule has 2 rings (SSSR count). The summed E-state index contributed by atoms with van der Waals surface area (Å²) in [6.07, 6.45) is 5.36. The van der Waals surface area contributed by atoms with Gasteiger partial charge in [-0.3, -0.25) is 4.90 Å². The monoisotopic (exact) mass is 286 g/mol. The summed E-state index contributed by atoms with van der Waals surface area (Å²) in [5, 5.41) is 0. The molecule has 0 radical (unpaired) electrons. The third-order valence-corrected chi connectivity index (χ3v) is 4.26. The van der Waals surface area contributed by atoms with Crippen LogP contribution in [0.3, 0.4) is 0 Å². The van der Waals surface area contributed by atoms with Crippen molar-refractivity contribution in [3.05, 3.63) is 29.3 Å². The van der Waals surface area contributed by atoms with Gasteiger partial charge >= 0.3 is 0 Å². The average Bonchev–Trinajstić information content (AvgIpc) is 3.05. The topological polar surface area (TPSA) is 38.5 Å². The maximum absolute atomic E-state index is 5.50. The van der Waals surface area contributed by atoms with Crippen LogP contribution in [0.15, 0.2) is 18.2 Å². The van der Waals surface area contributed by atoms with E-state index in [1.807, 2.05) is 12.1 Å². The SMILES string of the molecule is CCN(Cc1cc(OC)ccc1C#CCN)C1CCCC1. The van der Waals surface area contributed by atoms with E-state index >= 15 is 0 Å². The van der Waals surface area contributed by atoms with Crippen molar-refractivity contribution >= 4 is 0 Å². The molecule has 1 fully saturated rings. The maximum atomic E-state index is 5.50. The van der Waals surface area contributed by atoms with Crippen molar-refractivity contribution in [3.8, 4) is 17.6 Å². The van der Waals surface area contributed by atoms with Gasteiger partial charge < -0.3 is 10.5 Å². The number of hydrogen-bond acceptors (Lipinski definition) is 3. The van der Waals surface area contributed by atoms with E-state index in [1.165, 1.54) is 31.2 Å². The molecule has 3 nitrogen and oxygen atoms in total. The van der Waals surface area contributed by atoms with Crippen LogP contribution < -0.4 is 10.5 Å². The smallest absolute Gasteiger partial charge is 0.119 e. The van der Waals surface area contributed by atoms with Crippen molar-refractivity contribution in [1.29, 1.82) is 0 Å². The molecule has 1 aromatic rings. The fourth-order valence-corrected chi connectivity index (χ4v) is 3.08. The highest BCUT2D eigenvalue weighted by atomic mass is 16.5. The van der Waals surface area contributed by atoms with E-state index in [1.54, 1.807) is 7.11 Å². The lowest BCUT2D eigenvalue weighted by molar-refractivity contribution is 0.200. The van der Waals surface area contributed by atoms with Gasteiger partial charge in [0.05, 0.1) is 13.7 Å². The fraction of sp³-hybridized carbons (Fsp3) is 0.556. The van der Waals surface area contributed by atoms with Crippen molar-refractivity contribution < 1.29 is 4.74 Å². The number of hydrogen-bond donors (Lipinski definition) is 1. The number of rotatable bonds is 5. The molecule has 1 saturated carbocycles. The molecule has 114 valence electrons. The molecule has 0 spiro atoms. The standard InChI is InChI=1S/C18H26N2O/c1-3-20(17-8-4-5-9-17)14-16-13-18(21-2)11-10-15(16)7-6-12-19/h10-11,13,17H,3-5,8-9,12,14,19H2,1-2H3. The van der Waals surface area contributed by atoms with E-state index in [0.717, 1.165) is 30.4 Å². The van der Waals surface area contributed by atoms with Crippen LogP contribution in [0.5, 0.6) is 5.75 Å². The minimum atomic E-state index is 0.394. The zero-order valence-corrected chi connectivity index (χ0v) is 13.2. The summed E-state index contributed by atoms with van der Waals surface area (Å²) in [7, 11) is 1.71. The second kappa shape index (κ2) is 8.07. The molecule has 0 heterocycles. The van der Waals surface area contributed by atoms with Crippen LogP contribution in [0.4, 0.5) is 0 Å². The van der Waals surface area contributed by atoms with Gasteiger partial charge in [0.15, 0.2) is 0 Å². The minimum absolute atomic E-state index is 0.394. The molecule has 0 bridgehead atoms. The molecule has 2 N–H and O–H groups in total. The Kier molecular flexibility index (Phi) is 6.10. The Morgan fingerprint density at radius 2 is 2.10 bits per heavy atom. The zero-order chi connectivity index (χ0) is 15.1. The molecule has 0 amide bonds. The van der Waals surface area contributed by atoms with Gasteiger partial charge in [-0.25, -0.2) is 0 Å². The molecule has 0 saturated heterocycles. The first-order valence-electron chi connectivity index (χ1n) is 7.88. The molecule has 1 aliphatic rings. The van der Waals surface area contributed by atoms with E-state index in [9.17, 15) is 0 Å². The van der Waals surface area contributed by atoms with Gasteiger partial charge in [0.25, 0.3) is 0 Å². The van der Waals surface area contributed by atoms with Gasteiger partial charge in [-0.05, 0) is 43.1 Å². The number of methoxy groups -OCH3 is 1. The highest BCUT2D eigenvalue weighted by molar-refractivity contribution is 5.45. The summed E-state index contributed by atoms with van der Waals surface area (Å²) >= 11 is 0. The van der Waals surface area contributed by atoms with Crippen molar-refractivity contribution in [2.75, 3.05) is 20.2 Å². The lowest BCUT2D eigenvalue weighted by Gasteiger charge is -2.28. The third-order valence-electron chi connectivity index (χ3n) is 4.26. The average molecular weight is 286 g/mol. The van der Waals surface area contributed by atoms with Crippen LogP contribution in [-0.4, -0.2) is 31.1 Å². The first-order chi connectivity index (χ1) is 10.3. The Hall–Kier alpha value is -1.50. The Bertz CT molecular complexity index is 510. The predicted molar refractivity (Wildman–Crippen MR) is 87.3 cm³/mol. The quantitative estimate of drug-likeness (QED) is 0.846. The van der Waals surface area contributed by atoms with Gasteiger partial charge in [0, 0.05) is 18.2 Å². The van der Waals surface area contributed by atoms with Crippen molar-refractivity contribution in [2.45, 2.75) is 45.2 Å². The summed E-state index contributed by atoms with van der Waals surface area (Å²) in [5.74, 6) is 7.04. The van der Waals surface area contributed by atoms with Gasteiger partial charge in [-0.1, -0.05) is 31.6 Å². The predicted octanol–water partition coefficient (Wildman–Crippen LogP) is 2.77. The van der Waals surface area contributed by atoms with Crippen LogP contribution in [0, 0.1) is 11.8 Å². The molecule has 0 aliphatic heterocycles. The number of benzene rings is 1. The van der Waals surface area contributed by atoms with Crippen LogP contribution >= 0.6 is 0 Å². The van der Waals surface area contributed by atoms with Gasteiger partial charge in [-0.15, -0.1) is 0 Å². The largest absolute Gasteiger partial charge is 0.497 e. The van der Waals surface area contributed by atoms with Crippen LogP contribution in [0.2, 0.25) is 0 Å². The Labute approximate surface area is 128 Å². The van der Waals surface area contributed by atoms with E-state index in [4.69, 9.17) is 10.5 Å². The lowest BCUT2D eigenvalue weighted by atomic mass is 10.1. The van der Waals surface area contributed by atoms with E-state index in [2.05, 4.69) is 29.7 Å². The second-order valence-electron chi connectivity index (χ2n) is 5.53. The first-order valence-corrected chi connectivity index (χ1v) is 7.88. The molecule has 1 aliphatic carbocycles. The molecule has 0 aromatic heterocycles. The molecule has 1 aromatic carbocycles. The van der Waals surface area contributed by atoms with Gasteiger partial charge in [0.2, 0.25) is 0 Å². The highest BCUT2D eigenvalue weighted by Gasteiger charge is 2.22. The minimum Gasteiger partial charge on any atom is -0.497 e. The van der Waals surface area contributed by atoms with E-state index in [0.29, 0.717) is 6.54 Å². The van der Waals surface area contributed by atoms with Gasteiger partial charge in [-0.2, -0.15) is 0 Å². The van der Waals surface area contributed by atoms with E-state index < -0.39 is 0 Å². The molecular formula is C18H26N2O. The summed E-state index contributed by atoms with van der Waals surface area (Å²) in [4.78, 5) is 2.56. The Balaban J connectivity index is 2.22. The third kappa shape index (κ3) is 4.23. The molecule has 21 heavy (non-hydrogen) atoms. The molecular weight excluding hydrogens is 260 g/mol. The van der Waals surface area contributed by atoms with E-state index in [-0.39, 0.29) is 0 Å². The van der Waals surface area contributed by atoms with Crippen LogP contribution in [0.25, 0.3) is 0 Å². The molecule has 0 unspecified atom stereocenters.